The molecule has 0 N–H and O–H groups in total. The van der Waals surface area contributed by atoms with Crippen LogP contribution in [0.2, 0.25) is 0 Å². The Hall–Kier alpha value is -1.82. The molecule has 0 radical (unpaired) electrons. The molecule has 0 aromatic heterocycles. The van der Waals surface area contributed by atoms with E-state index in [2.05, 4.69) is 65.5 Å². The van der Waals surface area contributed by atoms with Crippen molar-refractivity contribution < 1.29 is 0 Å². The van der Waals surface area contributed by atoms with Crippen LogP contribution in [0.25, 0.3) is 5.57 Å². The van der Waals surface area contributed by atoms with Crippen LogP contribution >= 0.6 is 0 Å². The van der Waals surface area contributed by atoms with Crippen molar-refractivity contribution >= 4 is 5.57 Å². The minimum atomic E-state index is 0.574. The predicted octanol–water partition coefficient (Wildman–Crippen LogP) is 6.81. The number of allylic oxidation sites excluding steroid dienone is 1. The van der Waals surface area contributed by atoms with Crippen LogP contribution in [0.1, 0.15) is 71.7 Å². The zero-order chi connectivity index (χ0) is 18.8. The van der Waals surface area contributed by atoms with Crippen LogP contribution in [0.5, 0.6) is 0 Å². The summed E-state index contributed by atoms with van der Waals surface area (Å²) in [5.74, 6) is 0.574. The SMILES string of the molecule is C=C1c2c(cc(CC)c(CC)c2C)CCC1Cc1ccc(CC)c(C)c1. The molecule has 0 fully saturated rings. The third-order valence-corrected chi connectivity index (χ3v) is 6.47. The predicted molar refractivity (Wildman–Crippen MR) is 115 cm³/mol. The van der Waals surface area contributed by atoms with Gasteiger partial charge in [0.1, 0.15) is 0 Å². The van der Waals surface area contributed by atoms with Crippen molar-refractivity contribution in [2.24, 2.45) is 5.92 Å². The maximum Gasteiger partial charge on any atom is -0.0118 e. The van der Waals surface area contributed by atoms with Crippen molar-refractivity contribution in [3.8, 4) is 0 Å². The van der Waals surface area contributed by atoms with Crippen molar-refractivity contribution in [3.05, 3.63) is 75.4 Å². The molecule has 3 rings (SSSR count). The number of benzene rings is 2. The highest BCUT2D eigenvalue weighted by atomic mass is 14.3. The van der Waals surface area contributed by atoms with E-state index in [9.17, 15) is 0 Å². The number of hydrogen-bond acceptors (Lipinski definition) is 0. The minimum absolute atomic E-state index is 0.574. The van der Waals surface area contributed by atoms with Crippen molar-refractivity contribution in [2.75, 3.05) is 0 Å². The minimum Gasteiger partial charge on any atom is -0.0949 e. The third kappa shape index (κ3) is 3.39. The lowest BCUT2D eigenvalue weighted by atomic mass is 9.74. The zero-order valence-electron chi connectivity index (χ0n) is 17.3. The molecule has 0 spiro atoms. The molecule has 2 aromatic rings. The summed E-state index contributed by atoms with van der Waals surface area (Å²) in [5, 5.41) is 0. The van der Waals surface area contributed by atoms with Gasteiger partial charge in [0.15, 0.2) is 0 Å². The summed E-state index contributed by atoms with van der Waals surface area (Å²) in [6, 6.07) is 9.52. The molecule has 0 amide bonds. The summed E-state index contributed by atoms with van der Waals surface area (Å²) < 4.78 is 0. The Bertz CT molecular complexity index is 822. The summed E-state index contributed by atoms with van der Waals surface area (Å²) in [5.41, 5.74) is 13.4. The van der Waals surface area contributed by atoms with Crippen LogP contribution in [0.3, 0.4) is 0 Å². The zero-order valence-corrected chi connectivity index (χ0v) is 17.3. The van der Waals surface area contributed by atoms with Gasteiger partial charge in [0.25, 0.3) is 0 Å². The number of hydrogen-bond donors (Lipinski definition) is 0. The molecule has 1 atom stereocenters. The molecule has 1 unspecified atom stereocenters. The quantitative estimate of drug-likeness (QED) is 0.558. The normalized spacial score (nSPS) is 16.7. The molecule has 26 heavy (non-hydrogen) atoms. The van der Waals surface area contributed by atoms with E-state index in [1.807, 2.05) is 0 Å². The van der Waals surface area contributed by atoms with Crippen LogP contribution in [0.15, 0.2) is 30.8 Å². The average Bonchev–Trinajstić information content (AvgIpc) is 2.63. The van der Waals surface area contributed by atoms with E-state index < -0.39 is 0 Å². The lowest BCUT2D eigenvalue weighted by molar-refractivity contribution is 0.585. The molecular formula is C26H34. The second-order valence-corrected chi connectivity index (χ2v) is 7.96. The first-order chi connectivity index (χ1) is 12.5. The third-order valence-electron chi connectivity index (χ3n) is 6.47. The summed E-state index contributed by atoms with van der Waals surface area (Å²) >= 11 is 0. The van der Waals surface area contributed by atoms with Gasteiger partial charge < -0.3 is 0 Å². The van der Waals surface area contributed by atoms with Crippen LogP contribution in [0.4, 0.5) is 0 Å². The fraction of sp³-hybridized carbons (Fsp3) is 0.462. The first-order valence-electron chi connectivity index (χ1n) is 10.4. The largest absolute Gasteiger partial charge is 0.0949 e. The Morgan fingerprint density at radius 1 is 0.962 bits per heavy atom. The van der Waals surface area contributed by atoms with Gasteiger partial charge in [-0.2, -0.15) is 0 Å². The van der Waals surface area contributed by atoms with Crippen LogP contribution in [0, 0.1) is 19.8 Å². The summed E-state index contributed by atoms with van der Waals surface area (Å²) in [6.07, 6.45) is 6.93. The summed E-state index contributed by atoms with van der Waals surface area (Å²) in [6.45, 7) is 16.0. The number of fused-ring (bicyclic) bond motifs is 1. The summed E-state index contributed by atoms with van der Waals surface area (Å²) in [7, 11) is 0. The lowest BCUT2D eigenvalue weighted by Gasteiger charge is -2.31. The van der Waals surface area contributed by atoms with Crippen molar-refractivity contribution in [1.82, 2.24) is 0 Å². The van der Waals surface area contributed by atoms with E-state index in [1.165, 1.54) is 51.8 Å². The number of aryl methyl sites for hydroxylation is 4. The molecule has 138 valence electrons. The first-order valence-corrected chi connectivity index (χ1v) is 10.4. The molecule has 0 aliphatic heterocycles. The summed E-state index contributed by atoms with van der Waals surface area (Å²) in [4.78, 5) is 0. The van der Waals surface area contributed by atoms with Gasteiger partial charge in [-0.15, -0.1) is 0 Å². The fourth-order valence-electron chi connectivity index (χ4n) is 4.95. The van der Waals surface area contributed by atoms with E-state index in [4.69, 9.17) is 0 Å². The van der Waals surface area contributed by atoms with Crippen LogP contribution < -0.4 is 0 Å². The van der Waals surface area contributed by atoms with E-state index >= 15 is 0 Å². The standard InChI is InChI=1S/C26H34/c1-7-21-11-10-20(14-17(21)4)15-23-12-13-24-16-22(8-2)25(9-3)19(6)26(24)18(23)5/h10-11,14,16,23H,5,7-9,12-13,15H2,1-4,6H3. The molecule has 0 heterocycles. The first kappa shape index (κ1) is 19.0. The van der Waals surface area contributed by atoms with E-state index in [0.29, 0.717) is 5.92 Å². The topological polar surface area (TPSA) is 0 Å². The highest BCUT2D eigenvalue weighted by Gasteiger charge is 2.26. The van der Waals surface area contributed by atoms with E-state index in [0.717, 1.165) is 25.7 Å². The smallest absolute Gasteiger partial charge is 0.0118 e. The molecule has 2 aromatic carbocycles. The van der Waals surface area contributed by atoms with Gasteiger partial charge in [-0.3, -0.25) is 0 Å². The van der Waals surface area contributed by atoms with Gasteiger partial charge in [0.05, 0.1) is 0 Å². The Morgan fingerprint density at radius 3 is 2.31 bits per heavy atom. The monoisotopic (exact) mass is 346 g/mol. The molecule has 0 saturated heterocycles. The van der Waals surface area contributed by atoms with E-state index in [1.54, 1.807) is 11.1 Å². The molecule has 0 heteroatoms. The maximum atomic E-state index is 4.58. The maximum absolute atomic E-state index is 4.58. The van der Waals surface area contributed by atoms with Crippen molar-refractivity contribution in [3.63, 3.8) is 0 Å². The van der Waals surface area contributed by atoms with Crippen LogP contribution in [-0.4, -0.2) is 0 Å². The molecule has 0 bridgehead atoms. The average molecular weight is 347 g/mol. The van der Waals surface area contributed by atoms with Gasteiger partial charge in [-0.25, -0.2) is 0 Å². The Balaban J connectivity index is 1.91. The molecule has 0 saturated carbocycles. The second kappa shape index (κ2) is 7.82. The van der Waals surface area contributed by atoms with Gasteiger partial charge in [-0.05, 0) is 108 Å². The molecule has 0 nitrogen and oxygen atoms in total. The fourth-order valence-corrected chi connectivity index (χ4v) is 4.95. The Kier molecular flexibility index (Phi) is 5.70. The van der Waals surface area contributed by atoms with Gasteiger partial charge >= 0.3 is 0 Å². The lowest BCUT2D eigenvalue weighted by Crippen LogP contribution is -2.18. The number of rotatable bonds is 5. The van der Waals surface area contributed by atoms with Crippen molar-refractivity contribution in [2.45, 2.75) is 73.1 Å². The van der Waals surface area contributed by atoms with Crippen molar-refractivity contribution in [1.29, 1.82) is 0 Å². The second-order valence-electron chi connectivity index (χ2n) is 7.96. The van der Waals surface area contributed by atoms with Gasteiger partial charge in [-0.1, -0.05) is 51.6 Å². The van der Waals surface area contributed by atoms with E-state index in [-0.39, 0.29) is 0 Å². The van der Waals surface area contributed by atoms with Crippen LogP contribution in [-0.2, 0) is 32.1 Å². The molecular weight excluding hydrogens is 312 g/mol. The molecule has 1 aliphatic carbocycles. The highest BCUT2D eigenvalue weighted by Crippen LogP contribution is 2.40. The Morgan fingerprint density at radius 2 is 1.69 bits per heavy atom. The Labute approximate surface area is 160 Å². The highest BCUT2D eigenvalue weighted by molar-refractivity contribution is 5.74. The molecule has 1 aliphatic rings. The van der Waals surface area contributed by atoms with Gasteiger partial charge in [0, 0.05) is 0 Å². The van der Waals surface area contributed by atoms with Gasteiger partial charge in [0.2, 0.25) is 0 Å².